The number of hydrogen-bond donors (Lipinski definition) is 3. The van der Waals surface area contributed by atoms with E-state index in [0.29, 0.717) is 22.7 Å². The zero-order chi connectivity index (χ0) is 24.9. The molecule has 11 heteroatoms. The first kappa shape index (κ1) is 24.4. The molecule has 10 nitrogen and oxygen atoms in total. The van der Waals surface area contributed by atoms with Gasteiger partial charge in [0.25, 0.3) is 15.9 Å². The van der Waals surface area contributed by atoms with Crippen molar-refractivity contribution in [3.8, 4) is 5.75 Å². The van der Waals surface area contributed by atoms with Crippen molar-refractivity contribution in [1.29, 1.82) is 0 Å². The molecule has 0 fully saturated rings. The average Bonchev–Trinajstić information content (AvgIpc) is 2.78. The number of methoxy groups -OCH3 is 1. The maximum absolute atomic E-state index is 12.6. The van der Waals surface area contributed by atoms with E-state index in [1.165, 1.54) is 43.5 Å². The van der Waals surface area contributed by atoms with Crippen molar-refractivity contribution < 1.29 is 27.9 Å². The summed E-state index contributed by atoms with van der Waals surface area (Å²) in [4.78, 5) is 32.3. The third-order valence-corrected chi connectivity index (χ3v) is 5.85. The Labute approximate surface area is 196 Å². The van der Waals surface area contributed by atoms with Gasteiger partial charge in [0.2, 0.25) is 11.7 Å². The molecule has 0 aliphatic heterocycles. The summed E-state index contributed by atoms with van der Waals surface area (Å²) in [7, 11) is -2.47. The predicted molar refractivity (Wildman–Crippen MR) is 126 cm³/mol. The number of hydrogen-bond acceptors (Lipinski definition) is 8. The van der Waals surface area contributed by atoms with Gasteiger partial charge in [-0.05, 0) is 68.4 Å². The van der Waals surface area contributed by atoms with Crippen molar-refractivity contribution in [2.45, 2.75) is 18.7 Å². The van der Waals surface area contributed by atoms with Crippen LogP contribution in [0.1, 0.15) is 17.0 Å². The molecule has 176 valence electrons. The monoisotopic (exact) mass is 482 g/mol. The molecule has 2 aromatic carbocycles. The minimum absolute atomic E-state index is 0.0519. The highest BCUT2D eigenvalue weighted by Crippen LogP contribution is 2.18. The summed E-state index contributed by atoms with van der Waals surface area (Å²) >= 11 is 0. The molecule has 1 heterocycles. The number of anilines is 2. The first-order valence-electron chi connectivity index (χ1n) is 9.93. The van der Waals surface area contributed by atoms with E-state index in [1.807, 2.05) is 0 Å². The first-order chi connectivity index (χ1) is 16.1. The average molecular weight is 483 g/mol. The van der Waals surface area contributed by atoms with Gasteiger partial charge in [-0.15, -0.1) is 0 Å². The lowest BCUT2D eigenvalue weighted by atomic mass is 10.1. The number of sulfonamides is 1. The highest BCUT2D eigenvalue weighted by Gasteiger charge is 2.18. The Hall–Kier alpha value is -4.25. The molecule has 0 bridgehead atoms. The molecule has 1 aromatic heterocycles. The number of nitrogens with one attached hydrogen (secondary N) is 2. The van der Waals surface area contributed by atoms with Gasteiger partial charge in [0, 0.05) is 28.7 Å². The van der Waals surface area contributed by atoms with Crippen LogP contribution in [0.25, 0.3) is 5.76 Å². The fraction of sp³-hybridized carbons (Fsp3) is 0.130. The van der Waals surface area contributed by atoms with E-state index in [2.05, 4.69) is 20.0 Å². The number of ketones is 1. The molecule has 0 unspecified atom stereocenters. The number of amides is 1. The van der Waals surface area contributed by atoms with E-state index in [0.717, 1.165) is 6.08 Å². The Morgan fingerprint density at radius 2 is 1.56 bits per heavy atom. The van der Waals surface area contributed by atoms with Crippen LogP contribution in [-0.2, 0) is 19.6 Å². The lowest BCUT2D eigenvalue weighted by Crippen LogP contribution is -2.21. The van der Waals surface area contributed by atoms with Gasteiger partial charge in [0.15, 0.2) is 0 Å². The quantitative estimate of drug-likeness (QED) is 0.252. The molecular weight excluding hydrogens is 460 g/mol. The first-order valence-corrected chi connectivity index (χ1v) is 11.4. The van der Waals surface area contributed by atoms with Crippen LogP contribution in [-0.4, -0.2) is 42.3 Å². The predicted octanol–water partition coefficient (Wildman–Crippen LogP) is 3.01. The molecule has 0 saturated heterocycles. The number of aromatic nitrogens is 2. The van der Waals surface area contributed by atoms with Gasteiger partial charge >= 0.3 is 0 Å². The molecular formula is C23H22N4O6S. The Bertz CT molecular complexity index is 1330. The molecule has 3 N–H and O–H groups in total. The third kappa shape index (κ3) is 6.17. The molecule has 1 amide bonds. The van der Waals surface area contributed by atoms with Crippen molar-refractivity contribution in [3.63, 3.8) is 0 Å². The van der Waals surface area contributed by atoms with Gasteiger partial charge in [-0.25, -0.2) is 23.1 Å². The number of aryl methyl sites for hydroxylation is 2. The Morgan fingerprint density at radius 3 is 2.12 bits per heavy atom. The molecule has 0 saturated carbocycles. The summed E-state index contributed by atoms with van der Waals surface area (Å²) in [6.45, 7) is 3.44. The fourth-order valence-electron chi connectivity index (χ4n) is 2.90. The van der Waals surface area contributed by atoms with Crippen LogP contribution < -0.4 is 14.8 Å². The zero-order valence-corrected chi connectivity index (χ0v) is 19.4. The van der Waals surface area contributed by atoms with Crippen LogP contribution in [0.5, 0.6) is 5.75 Å². The number of rotatable bonds is 8. The van der Waals surface area contributed by atoms with Gasteiger partial charge in [-0.3, -0.25) is 9.59 Å². The number of nitrogens with zero attached hydrogens (tertiary/aromatic N) is 2. The summed E-state index contributed by atoms with van der Waals surface area (Å²) in [6.07, 6.45) is 0.795. The topological polar surface area (TPSA) is 148 Å². The summed E-state index contributed by atoms with van der Waals surface area (Å²) in [5.74, 6) is -1.85. The van der Waals surface area contributed by atoms with Crippen molar-refractivity contribution in [3.05, 3.63) is 77.6 Å². The van der Waals surface area contributed by atoms with Crippen LogP contribution >= 0.6 is 0 Å². The lowest BCUT2D eigenvalue weighted by Gasteiger charge is -2.09. The van der Waals surface area contributed by atoms with Crippen LogP contribution in [0.3, 0.4) is 0 Å². The van der Waals surface area contributed by atoms with Gasteiger partial charge < -0.3 is 15.2 Å². The summed E-state index contributed by atoms with van der Waals surface area (Å²) in [5.41, 5.74) is 1.74. The highest BCUT2D eigenvalue weighted by atomic mass is 32.2. The molecule has 0 aliphatic rings. The zero-order valence-electron chi connectivity index (χ0n) is 18.6. The van der Waals surface area contributed by atoms with Gasteiger partial charge in [0.05, 0.1) is 12.0 Å². The fourth-order valence-corrected chi connectivity index (χ4v) is 3.84. The van der Waals surface area contributed by atoms with Gasteiger partial charge in [0.1, 0.15) is 11.5 Å². The Kier molecular flexibility index (Phi) is 7.27. The molecule has 34 heavy (non-hydrogen) atoms. The lowest BCUT2D eigenvalue weighted by molar-refractivity contribution is -0.131. The standard InChI is InChI=1S/C23H22N4O6S/c1-14-12-15(2)25-23(24-14)27-34(31,32)19-10-6-17(7-11-19)26-22(30)21(29)13-20(28)16-4-8-18(33-3)9-5-16/h4-13,28H,1-3H3,(H,26,30)(H,24,25,27)/b20-13-. The van der Waals surface area contributed by atoms with Crippen LogP contribution in [0.4, 0.5) is 11.6 Å². The highest BCUT2D eigenvalue weighted by molar-refractivity contribution is 7.92. The minimum Gasteiger partial charge on any atom is -0.507 e. The number of benzene rings is 2. The third-order valence-electron chi connectivity index (χ3n) is 4.51. The van der Waals surface area contributed by atoms with Crippen molar-refractivity contribution in [2.24, 2.45) is 0 Å². The number of carbonyl (C=O) groups is 2. The van der Waals surface area contributed by atoms with E-state index in [9.17, 15) is 23.1 Å². The number of aliphatic hydroxyl groups is 1. The maximum Gasteiger partial charge on any atom is 0.296 e. The second kappa shape index (κ2) is 10.1. The Balaban J connectivity index is 1.67. The van der Waals surface area contributed by atoms with E-state index in [1.54, 1.807) is 32.0 Å². The second-order valence-corrected chi connectivity index (χ2v) is 8.86. The smallest absolute Gasteiger partial charge is 0.296 e. The van der Waals surface area contributed by atoms with Crippen molar-refractivity contribution in [2.75, 3.05) is 17.1 Å². The number of aliphatic hydroxyl groups excluding tert-OH is 1. The SMILES string of the molecule is COc1ccc(/C(O)=C/C(=O)C(=O)Nc2ccc(S(=O)(=O)Nc3nc(C)cc(C)n3)cc2)cc1. The molecule has 0 atom stereocenters. The van der Waals surface area contributed by atoms with Crippen molar-refractivity contribution in [1.82, 2.24) is 9.97 Å². The number of carbonyl (C=O) groups excluding carboxylic acids is 2. The summed E-state index contributed by atoms with van der Waals surface area (Å²) < 4.78 is 32.5. The van der Waals surface area contributed by atoms with Gasteiger partial charge in [-0.2, -0.15) is 0 Å². The van der Waals surface area contributed by atoms with Crippen molar-refractivity contribution >= 4 is 39.1 Å². The summed E-state index contributed by atoms with van der Waals surface area (Å²) in [5, 5.41) is 12.4. The Morgan fingerprint density at radius 1 is 0.971 bits per heavy atom. The molecule has 3 rings (SSSR count). The molecule has 0 aliphatic carbocycles. The maximum atomic E-state index is 12.6. The molecule has 0 spiro atoms. The van der Waals surface area contributed by atoms with E-state index in [-0.39, 0.29) is 22.3 Å². The molecule has 3 aromatic rings. The van der Waals surface area contributed by atoms with E-state index in [4.69, 9.17) is 4.74 Å². The van der Waals surface area contributed by atoms with E-state index >= 15 is 0 Å². The largest absolute Gasteiger partial charge is 0.507 e. The van der Waals surface area contributed by atoms with Crippen LogP contribution in [0.2, 0.25) is 0 Å². The molecule has 0 radical (unpaired) electrons. The van der Waals surface area contributed by atoms with E-state index < -0.39 is 21.7 Å². The second-order valence-electron chi connectivity index (χ2n) is 7.18. The van der Waals surface area contributed by atoms with Crippen LogP contribution in [0, 0.1) is 13.8 Å². The minimum atomic E-state index is -3.97. The number of ether oxygens (including phenoxy) is 1. The summed E-state index contributed by atoms with van der Waals surface area (Å²) in [6, 6.07) is 13.2. The van der Waals surface area contributed by atoms with Gasteiger partial charge in [-0.1, -0.05) is 0 Å². The van der Waals surface area contributed by atoms with Crippen LogP contribution in [0.15, 0.2) is 65.6 Å². The normalized spacial score (nSPS) is 11.6.